The second kappa shape index (κ2) is 9.30. The van der Waals surface area contributed by atoms with Crippen molar-refractivity contribution in [1.82, 2.24) is 10.6 Å². The molecule has 2 N–H and O–H groups in total. The molecule has 1 aliphatic rings. The normalized spacial score (nSPS) is 17.8. The van der Waals surface area contributed by atoms with E-state index in [1.54, 1.807) is 0 Å². The van der Waals surface area contributed by atoms with Crippen molar-refractivity contribution in [3.63, 3.8) is 0 Å². The van der Waals surface area contributed by atoms with Crippen molar-refractivity contribution in [2.24, 2.45) is 5.92 Å². The lowest BCUT2D eigenvalue weighted by atomic mass is 10.00. The number of rotatable bonds is 8. The van der Waals surface area contributed by atoms with E-state index in [0.717, 1.165) is 31.8 Å². The number of nitrogens with one attached hydrogen (secondary N) is 2. The molecule has 1 fully saturated rings. The van der Waals surface area contributed by atoms with Gasteiger partial charge in [0.1, 0.15) is 11.5 Å². The third-order valence-corrected chi connectivity index (χ3v) is 3.65. The van der Waals surface area contributed by atoms with E-state index in [2.05, 4.69) is 17.6 Å². The van der Waals surface area contributed by atoms with Crippen LogP contribution in [0, 0.1) is 5.92 Å². The Balaban J connectivity index is 1.64. The van der Waals surface area contributed by atoms with Gasteiger partial charge in [-0.3, -0.25) is 4.79 Å². The Bertz CT molecular complexity index is 442. The van der Waals surface area contributed by atoms with Gasteiger partial charge in [-0.05, 0) is 62.5 Å². The molecule has 22 heavy (non-hydrogen) atoms. The fourth-order valence-corrected chi connectivity index (χ4v) is 2.41. The number of amides is 1. The molecule has 1 atom stereocenters. The van der Waals surface area contributed by atoms with Crippen molar-refractivity contribution in [3.8, 4) is 11.5 Å². The number of carbonyl (C=O) groups is 1. The predicted octanol–water partition coefficient (Wildman–Crippen LogP) is 1.97. The summed E-state index contributed by atoms with van der Waals surface area (Å²) in [7, 11) is 0. The fraction of sp³-hybridized carbons (Fsp3) is 0.588. The van der Waals surface area contributed by atoms with E-state index >= 15 is 0 Å². The van der Waals surface area contributed by atoms with Crippen molar-refractivity contribution >= 4 is 5.91 Å². The molecule has 5 heteroatoms. The lowest BCUT2D eigenvalue weighted by molar-refractivity contribution is -0.123. The highest BCUT2D eigenvalue weighted by Crippen LogP contribution is 2.17. The van der Waals surface area contributed by atoms with Gasteiger partial charge in [0.15, 0.2) is 6.61 Å². The molecule has 0 bridgehead atoms. The van der Waals surface area contributed by atoms with Crippen molar-refractivity contribution in [1.29, 1.82) is 0 Å². The van der Waals surface area contributed by atoms with Crippen LogP contribution in [0.2, 0.25) is 0 Å². The molecule has 1 unspecified atom stereocenters. The third kappa shape index (κ3) is 5.93. The summed E-state index contributed by atoms with van der Waals surface area (Å²) < 4.78 is 11.0. The van der Waals surface area contributed by atoms with Gasteiger partial charge in [-0.25, -0.2) is 0 Å². The topological polar surface area (TPSA) is 59.6 Å². The molecule has 1 aromatic rings. The van der Waals surface area contributed by atoms with Crippen LogP contribution < -0.4 is 20.1 Å². The Morgan fingerprint density at radius 1 is 1.27 bits per heavy atom. The number of ether oxygens (including phenoxy) is 2. The Morgan fingerprint density at radius 2 is 2.00 bits per heavy atom. The van der Waals surface area contributed by atoms with E-state index in [4.69, 9.17) is 9.47 Å². The SMILES string of the molecule is CCCOc1ccc(OCC(=O)NCC2CCCNC2)cc1. The van der Waals surface area contributed by atoms with Gasteiger partial charge in [-0.1, -0.05) is 6.92 Å². The van der Waals surface area contributed by atoms with E-state index in [-0.39, 0.29) is 12.5 Å². The van der Waals surface area contributed by atoms with Crippen molar-refractivity contribution in [3.05, 3.63) is 24.3 Å². The largest absolute Gasteiger partial charge is 0.494 e. The van der Waals surface area contributed by atoms with E-state index in [1.165, 1.54) is 12.8 Å². The van der Waals surface area contributed by atoms with Crippen molar-refractivity contribution in [2.75, 3.05) is 32.8 Å². The number of benzene rings is 1. The fourth-order valence-electron chi connectivity index (χ4n) is 2.41. The van der Waals surface area contributed by atoms with Crippen LogP contribution in [0.5, 0.6) is 11.5 Å². The van der Waals surface area contributed by atoms with Gasteiger partial charge in [0, 0.05) is 6.54 Å². The van der Waals surface area contributed by atoms with Gasteiger partial charge in [0.05, 0.1) is 6.61 Å². The maximum absolute atomic E-state index is 11.8. The molecule has 1 heterocycles. The Hall–Kier alpha value is -1.75. The lowest BCUT2D eigenvalue weighted by Crippen LogP contribution is -2.39. The molecule has 5 nitrogen and oxygen atoms in total. The van der Waals surface area contributed by atoms with Crippen LogP contribution in [0.1, 0.15) is 26.2 Å². The lowest BCUT2D eigenvalue weighted by Gasteiger charge is -2.22. The van der Waals surface area contributed by atoms with Crippen LogP contribution in [0.15, 0.2) is 24.3 Å². The molecule has 0 spiro atoms. The Kier molecular flexibility index (Phi) is 7.03. The Labute approximate surface area is 132 Å². The van der Waals surface area contributed by atoms with Crippen LogP contribution in [0.25, 0.3) is 0 Å². The summed E-state index contributed by atoms with van der Waals surface area (Å²) >= 11 is 0. The molecule has 122 valence electrons. The molecule has 2 rings (SSSR count). The van der Waals surface area contributed by atoms with Crippen LogP contribution in [-0.4, -0.2) is 38.8 Å². The summed E-state index contributed by atoms with van der Waals surface area (Å²) in [5, 5.41) is 6.28. The molecule has 0 aromatic heterocycles. The second-order valence-corrected chi connectivity index (χ2v) is 5.62. The number of hydrogen-bond acceptors (Lipinski definition) is 4. The standard InChI is InChI=1S/C17H26N2O3/c1-2-10-21-15-5-7-16(8-6-15)22-13-17(20)19-12-14-4-3-9-18-11-14/h5-8,14,18H,2-4,9-13H2,1H3,(H,19,20). The first-order chi connectivity index (χ1) is 10.8. The average Bonchev–Trinajstić information content (AvgIpc) is 2.58. The predicted molar refractivity (Wildman–Crippen MR) is 86.3 cm³/mol. The second-order valence-electron chi connectivity index (χ2n) is 5.62. The summed E-state index contributed by atoms with van der Waals surface area (Å²) in [6.07, 6.45) is 3.34. The van der Waals surface area contributed by atoms with Crippen LogP contribution >= 0.6 is 0 Å². The summed E-state index contributed by atoms with van der Waals surface area (Å²) in [5.41, 5.74) is 0. The first-order valence-corrected chi connectivity index (χ1v) is 8.11. The highest BCUT2D eigenvalue weighted by Gasteiger charge is 2.13. The quantitative estimate of drug-likeness (QED) is 0.771. The zero-order valence-electron chi connectivity index (χ0n) is 13.3. The maximum Gasteiger partial charge on any atom is 0.257 e. The van der Waals surface area contributed by atoms with E-state index in [9.17, 15) is 4.79 Å². The van der Waals surface area contributed by atoms with E-state index < -0.39 is 0 Å². The number of carbonyl (C=O) groups excluding carboxylic acids is 1. The van der Waals surface area contributed by atoms with Gasteiger partial charge in [-0.2, -0.15) is 0 Å². The molecular weight excluding hydrogens is 280 g/mol. The summed E-state index contributed by atoms with van der Waals surface area (Å²) in [5.74, 6) is 1.96. The average molecular weight is 306 g/mol. The van der Waals surface area contributed by atoms with Gasteiger partial charge >= 0.3 is 0 Å². The summed E-state index contributed by atoms with van der Waals surface area (Å²) in [6, 6.07) is 7.36. The number of hydrogen-bond donors (Lipinski definition) is 2. The molecule has 0 radical (unpaired) electrons. The van der Waals surface area contributed by atoms with Gasteiger partial charge in [0.25, 0.3) is 5.91 Å². The summed E-state index contributed by atoms with van der Waals surface area (Å²) in [6.45, 7) is 5.62. The molecule has 1 aromatic carbocycles. The van der Waals surface area contributed by atoms with Gasteiger partial charge in [0.2, 0.25) is 0 Å². The van der Waals surface area contributed by atoms with Gasteiger partial charge in [-0.15, -0.1) is 0 Å². The van der Waals surface area contributed by atoms with Crippen LogP contribution in [0.3, 0.4) is 0 Å². The van der Waals surface area contributed by atoms with Crippen LogP contribution in [-0.2, 0) is 4.79 Å². The maximum atomic E-state index is 11.8. The van der Waals surface area contributed by atoms with E-state index in [1.807, 2.05) is 24.3 Å². The molecule has 1 amide bonds. The number of piperidine rings is 1. The summed E-state index contributed by atoms with van der Waals surface area (Å²) in [4.78, 5) is 11.8. The van der Waals surface area contributed by atoms with Crippen LogP contribution in [0.4, 0.5) is 0 Å². The molecule has 1 aliphatic heterocycles. The van der Waals surface area contributed by atoms with Crippen molar-refractivity contribution in [2.45, 2.75) is 26.2 Å². The minimum Gasteiger partial charge on any atom is -0.494 e. The smallest absolute Gasteiger partial charge is 0.257 e. The monoisotopic (exact) mass is 306 g/mol. The third-order valence-electron chi connectivity index (χ3n) is 3.65. The van der Waals surface area contributed by atoms with Gasteiger partial charge < -0.3 is 20.1 Å². The zero-order chi connectivity index (χ0) is 15.6. The molecular formula is C17H26N2O3. The van der Waals surface area contributed by atoms with E-state index in [0.29, 0.717) is 18.3 Å². The minimum atomic E-state index is -0.0723. The molecule has 0 aliphatic carbocycles. The minimum absolute atomic E-state index is 0.0509. The molecule has 0 saturated carbocycles. The first kappa shape index (κ1) is 16.6. The van der Waals surface area contributed by atoms with Crippen molar-refractivity contribution < 1.29 is 14.3 Å². The first-order valence-electron chi connectivity index (χ1n) is 8.11. The highest BCUT2D eigenvalue weighted by molar-refractivity contribution is 5.77. The highest BCUT2D eigenvalue weighted by atomic mass is 16.5. The Morgan fingerprint density at radius 3 is 2.64 bits per heavy atom. The zero-order valence-corrected chi connectivity index (χ0v) is 13.3. The molecule has 1 saturated heterocycles.